The van der Waals surface area contributed by atoms with Gasteiger partial charge in [0.05, 0.1) is 22.3 Å². The molecule has 6 rings (SSSR count). The molecule has 294 valence electrons. The van der Waals surface area contributed by atoms with Gasteiger partial charge < -0.3 is 90.1 Å². The Morgan fingerprint density at radius 2 is 0.929 bits per heavy atom. The van der Waals surface area contributed by atoms with E-state index in [1.807, 2.05) is 0 Å². The molecule has 2 heterocycles. The Balaban J connectivity index is 1.51. The van der Waals surface area contributed by atoms with E-state index < -0.39 is 164 Å². The molecule has 2 unspecified atom stereocenters. The van der Waals surface area contributed by atoms with E-state index in [9.17, 15) is 85.6 Å². The summed E-state index contributed by atoms with van der Waals surface area (Å²) in [6.07, 6.45) is -11.2. The fraction of sp³-hybridized carbons (Fsp3) is 0.176. The maximum atomic E-state index is 14.0. The van der Waals surface area contributed by atoms with Gasteiger partial charge in [0, 0.05) is 11.1 Å². The van der Waals surface area contributed by atoms with E-state index in [2.05, 4.69) is 0 Å². The normalized spacial score (nSPS) is 20.6. The zero-order valence-corrected chi connectivity index (χ0v) is 27.5. The van der Waals surface area contributed by atoms with Crippen LogP contribution in [0.3, 0.4) is 0 Å². The van der Waals surface area contributed by atoms with Crippen LogP contribution in [0.2, 0.25) is 0 Å². The van der Waals surface area contributed by atoms with Crippen molar-refractivity contribution in [2.75, 3.05) is 6.61 Å². The van der Waals surface area contributed by atoms with Gasteiger partial charge in [0.15, 0.2) is 82.1 Å². The van der Waals surface area contributed by atoms with Crippen molar-refractivity contribution in [1.82, 2.24) is 0 Å². The number of phenolic OH excluding ortho intramolecular Hbond substituents is 12. The van der Waals surface area contributed by atoms with Gasteiger partial charge in [0.2, 0.25) is 11.5 Å². The van der Waals surface area contributed by atoms with Crippen molar-refractivity contribution in [2.24, 2.45) is 0 Å². The SMILES string of the molecule is O=C(OC1[C@H](O)OC2COC(=O)c3cc(O)c(O)c(O)c3-c3c(cc(O)c(O)c3O)C(=O)O[C@H]2[C@@H]1OC(=O)c1cc(O)c(O)c(O)c1)c1cc(O)c(O)c(O)c1. The number of aliphatic hydroxyl groups is 1. The van der Waals surface area contributed by atoms with Crippen molar-refractivity contribution in [2.45, 2.75) is 30.7 Å². The van der Waals surface area contributed by atoms with Gasteiger partial charge >= 0.3 is 23.9 Å². The molecule has 0 spiro atoms. The van der Waals surface area contributed by atoms with E-state index in [0.717, 1.165) is 0 Å². The van der Waals surface area contributed by atoms with Crippen LogP contribution in [0.1, 0.15) is 41.4 Å². The molecule has 0 amide bonds. The largest absolute Gasteiger partial charge is 0.504 e. The van der Waals surface area contributed by atoms with E-state index in [1.165, 1.54) is 0 Å². The maximum Gasteiger partial charge on any atom is 0.339 e. The molecule has 13 N–H and O–H groups in total. The molecule has 5 atom stereocenters. The van der Waals surface area contributed by atoms with Gasteiger partial charge in [0.25, 0.3) is 0 Å². The zero-order chi connectivity index (χ0) is 41.1. The van der Waals surface area contributed by atoms with Gasteiger partial charge in [-0.3, -0.25) is 0 Å². The Labute approximate surface area is 309 Å². The molecule has 1 saturated heterocycles. The van der Waals surface area contributed by atoms with Gasteiger partial charge in [-0.1, -0.05) is 0 Å². The molecule has 0 bridgehead atoms. The minimum absolute atomic E-state index is 0.459. The Hall–Kier alpha value is -7.72. The highest BCUT2D eigenvalue weighted by Gasteiger charge is 2.53. The van der Waals surface area contributed by atoms with Crippen LogP contribution in [0.25, 0.3) is 11.1 Å². The van der Waals surface area contributed by atoms with Crippen LogP contribution in [0.4, 0.5) is 0 Å². The molecule has 22 heteroatoms. The average molecular weight is 787 g/mol. The minimum atomic E-state index is -2.42. The molecule has 0 aromatic heterocycles. The quantitative estimate of drug-likeness (QED) is 0.0768. The van der Waals surface area contributed by atoms with E-state index >= 15 is 0 Å². The summed E-state index contributed by atoms with van der Waals surface area (Å²) in [5.74, 6) is -20.2. The van der Waals surface area contributed by atoms with Crippen LogP contribution >= 0.6 is 0 Å². The molecule has 2 aliphatic rings. The second-order valence-electron chi connectivity index (χ2n) is 12.0. The first-order valence-corrected chi connectivity index (χ1v) is 15.5. The van der Waals surface area contributed by atoms with Gasteiger partial charge in [0.1, 0.15) is 12.7 Å². The fourth-order valence-electron chi connectivity index (χ4n) is 5.80. The molecule has 4 aromatic carbocycles. The molecule has 56 heavy (non-hydrogen) atoms. The lowest BCUT2D eigenvalue weighted by Crippen LogP contribution is -2.62. The third-order valence-electron chi connectivity index (χ3n) is 8.53. The van der Waals surface area contributed by atoms with Crippen molar-refractivity contribution < 1.29 is 109 Å². The topological polar surface area (TPSA) is 377 Å². The zero-order valence-electron chi connectivity index (χ0n) is 27.5. The molecule has 1 fully saturated rings. The van der Waals surface area contributed by atoms with E-state index in [1.54, 1.807) is 0 Å². The fourth-order valence-corrected chi connectivity index (χ4v) is 5.80. The monoisotopic (exact) mass is 786 g/mol. The molecule has 22 nitrogen and oxygen atoms in total. The number of cyclic esters (lactones) is 1. The Bertz CT molecular complexity index is 2290. The first kappa shape index (κ1) is 38.0. The number of rotatable bonds is 4. The summed E-state index contributed by atoms with van der Waals surface area (Å²) in [7, 11) is 0. The van der Waals surface area contributed by atoms with Crippen molar-refractivity contribution in [1.29, 1.82) is 0 Å². The average Bonchev–Trinajstić information content (AvgIpc) is 3.16. The van der Waals surface area contributed by atoms with Crippen LogP contribution in [-0.2, 0) is 23.7 Å². The van der Waals surface area contributed by atoms with Crippen LogP contribution in [0, 0.1) is 0 Å². The summed E-state index contributed by atoms with van der Waals surface area (Å²) in [4.78, 5) is 54.3. The summed E-state index contributed by atoms with van der Waals surface area (Å²) in [5, 5.41) is 133. The predicted molar refractivity (Wildman–Crippen MR) is 174 cm³/mol. The number of fused-ring (bicyclic) bond motifs is 4. The highest BCUT2D eigenvalue weighted by Crippen LogP contribution is 2.53. The van der Waals surface area contributed by atoms with E-state index in [-0.39, 0.29) is 0 Å². The number of carbonyl (C=O) groups excluding carboxylic acids is 4. The lowest BCUT2D eigenvalue weighted by molar-refractivity contribution is -0.284. The second-order valence-corrected chi connectivity index (χ2v) is 12.0. The van der Waals surface area contributed by atoms with Crippen molar-refractivity contribution in [3.8, 4) is 80.1 Å². The number of phenols is 12. The molecule has 0 aliphatic carbocycles. The highest BCUT2D eigenvalue weighted by atomic mass is 16.7. The number of benzene rings is 4. The lowest BCUT2D eigenvalue weighted by Gasteiger charge is -2.42. The lowest BCUT2D eigenvalue weighted by atomic mass is 9.92. The molecule has 2 aliphatic heterocycles. The summed E-state index contributed by atoms with van der Waals surface area (Å²) in [6, 6.07) is 3.41. The predicted octanol–water partition coefficient (Wildman–Crippen LogP) is 0.685. The smallest absolute Gasteiger partial charge is 0.339 e. The Morgan fingerprint density at radius 1 is 0.536 bits per heavy atom. The maximum absolute atomic E-state index is 14.0. The number of ether oxygens (including phenoxy) is 5. The molecule has 0 radical (unpaired) electrons. The number of aliphatic hydroxyl groups excluding tert-OH is 1. The summed E-state index contributed by atoms with van der Waals surface area (Å²) in [5.41, 5.74) is -5.28. The molecule has 0 saturated carbocycles. The number of esters is 4. The third kappa shape index (κ3) is 6.45. The van der Waals surface area contributed by atoms with Gasteiger partial charge in [-0.05, 0) is 36.4 Å². The Morgan fingerprint density at radius 3 is 1.38 bits per heavy atom. The van der Waals surface area contributed by atoms with Crippen LogP contribution in [-0.4, -0.2) is 128 Å². The van der Waals surface area contributed by atoms with Crippen LogP contribution in [0.15, 0.2) is 36.4 Å². The number of aromatic hydroxyl groups is 12. The third-order valence-corrected chi connectivity index (χ3v) is 8.53. The first-order valence-electron chi connectivity index (χ1n) is 15.5. The molecular formula is C34H26O22. The molecular weight excluding hydrogens is 760 g/mol. The standard InChI is InChI=1S/C34H26O22/c35-12-1-8(2-13(36)21(12)41)30(47)55-28-27-18(53-34(51)29(28)56-31(48)9-3-14(37)22(42)15(38)4-9)7-52-32(49)10-5-16(39)23(43)25(45)19(10)20-11(33(50)54-27)6-17(40)24(44)26(20)46/h1-6,18,27-29,34-46,51H,7H2/t18?,27-,28+,29?,34-/m1/s1. The number of carbonyl (C=O) groups is 4. The molecule has 4 aromatic rings. The van der Waals surface area contributed by atoms with E-state index in [4.69, 9.17) is 23.7 Å². The Kier molecular flexibility index (Phi) is 9.45. The summed E-state index contributed by atoms with van der Waals surface area (Å²) in [6.45, 7) is -1.09. The first-order chi connectivity index (χ1) is 26.3. The minimum Gasteiger partial charge on any atom is -0.504 e. The number of hydrogen-bond acceptors (Lipinski definition) is 22. The van der Waals surface area contributed by atoms with Crippen LogP contribution < -0.4 is 0 Å². The van der Waals surface area contributed by atoms with Crippen molar-refractivity contribution in [3.63, 3.8) is 0 Å². The van der Waals surface area contributed by atoms with E-state index in [0.29, 0.717) is 36.4 Å². The highest BCUT2D eigenvalue weighted by molar-refractivity contribution is 6.08. The summed E-state index contributed by atoms with van der Waals surface area (Å²) >= 11 is 0. The second kappa shape index (κ2) is 13.9. The summed E-state index contributed by atoms with van der Waals surface area (Å²) < 4.78 is 27.0. The van der Waals surface area contributed by atoms with Crippen molar-refractivity contribution >= 4 is 23.9 Å². The van der Waals surface area contributed by atoms with Gasteiger partial charge in [-0.2, -0.15) is 0 Å². The van der Waals surface area contributed by atoms with Crippen molar-refractivity contribution in [3.05, 3.63) is 58.7 Å². The van der Waals surface area contributed by atoms with Gasteiger partial charge in [-0.15, -0.1) is 0 Å². The van der Waals surface area contributed by atoms with Gasteiger partial charge in [-0.25, -0.2) is 19.2 Å². The van der Waals surface area contributed by atoms with Crippen LogP contribution in [0.5, 0.6) is 69.0 Å². The number of hydrogen-bond donors (Lipinski definition) is 13.